The Morgan fingerprint density at radius 2 is 2.00 bits per heavy atom. The lowest BCUT2D eigenvalue weighted by Gasteiger charge is -2.31. The molecule has 6 nitrogen and oxygen atoms in total. The number of hydrogen-bond acceptors (Lipinski definition) is 5. The molecular formula is C16H19N3O3. The SMILES string of the molecule is O=C1CCC2(COc3cc(N4CCNCC4)ccc32)C(=O)N1. The fourth-order valence-electron chi connectivity index (χ4n) is 3.57. The second kappa shape index (κ2) is 4.98. The van der Waals surface area contributed by atoms with E-state index in [2.05, 4.69) is 21.6 Å². The molecule has 0 saturated carbocycles. The van der Waals surface area contributed by atoms with Crippen LogP contribution in [0.2, 0.25) is 0 Å². The van der Waals surface area contributed by atoms with E-state index in [0.29, 0.717) is 19.4 Å². The minimum atomic E-state index is -0.689. The number of nitrogens with zero attached hydrogens (tertiary/aromatic N) is 1. The molecule has 1 atom stereocenters. The Hall–Kier alpha value is -2.08. The molecule has 6 heteroatoms. The summed E-state index contributed by atoms with van der Waals surface area (Å²) in [7, 11) is 0. The van der Waals surface area contributed by atoms with E-state index in [1.54, 1.807) is 0 Å². The van der Waals surface area contributed by atoms with Crippen LogP contribution in [0.15, 0.2) is 18.2 Å². The van der Waals surface area contributed by atoms with Gasteiger partial charge in [0.1, 0.15) is 17.8 Å². The topological polar surface area (TPSA) is 70.7 Å². The number of amides is 2. The first kappa shape index (κ1) is 13.6. The van der Waals surface area contributed by atoms with Crippen molar-refractivity contribution in [3.63, 3.8) is 0 Å². The Balaban J connectivity index is 1.66. The van der Waals surface area contributed by atoms with Crippen molar-refractivity contribution in [1.29, 1.82) is 0 Å². The molecule has 0 aliphatic carbocycles. The molecular weight excluding hydrogens is 282 g/mol. The van der Waals surface area contributed by atoms with E-state index in [4.69, 9.17) is 4.74 Å². The van der Waals surface area contributed by atoms with E-state index in [1.807, 2.05) is 12.1 Å². The van der Waals surface area contributed by atoms with Crippen molar-refractivity contribution in [3.05, 3.63) is 23.8 Å². The maximum Gasteiger partial charge on any atom is 0.240 e. The van der Waals surface area contributed by atoms with E-state index >= 15 is 0 Å². The van der Waals surface area contributed by atoms with Crippen LogP contribution in [0.5, 0.6) is 5.75 Å². The Kier molecular flexibility index (Phi) is 3.07. The molecule has 2 amide bonds. The molecule has 3 aliphatic heterocycles. The molecule has 2 saturated heterocycles. The lowest BCUT2D eigenvalue weighted by molar-refractivity contribution is -0.138. The van der Waals surface area contributed by atoms with Crippen molar-refractivity contribution in [1.82, 2.24) is 10.6 Å². The van der Waals surface area contributed by atoms with Gasteiger partial charge in [-0.15, -0.1) is 0 Å². The Morgan fingerprint density at radius 1 is 1.18 bits per heavy atom. The quantitative estimate of drug-likeness (QED) is 0.723. The monoisotopic (exact) mass is 301 g/mol. The van der Waals surface area contributed by atoms with Gasteiger partial charge < -0.3 is 15.0 Å². The van der Waals surface area contributed by atoms with Gasteiger partial charge in [0.05, 0.1) is 0 Å². The van der Waals surface area contributed by atoms with Crippen LogP contribution in [0, 0.1) is 0 Å². The van der Waals surface area contributed by atoms with Crippen LogP contribution in [0.4, 0.5) is 5.69 Å². The maximum atomic E-state index is 12.3. The van der Waals surface area contributed by atoms with E-state index in [9.17, 15) is 9.59 Å². The highest BCUT2D eigenvalue weighted by Crippen LogP contribution is 2.45. The average Bonchev–Trinajstić information content (AvgIpc) is 2.91. The zero-order valence-corrected chi connectivity index (χ0v) is 12.4. The lowest BCUT2D eigenvalue weighted by atomic mass is 9.75. The molecule has 22 heavy (non-hydrogen) atoms. The number of imide groups is 1. The first-order chi connectivity index (χ1) is 10.7. The highest BCUT2D eigenvalue weighted by molar-refractivity contribution is 6.04. The fraction of sp³-hybridized carbons (Fsp3) is 0.500. The molecule has 3 aliphatic rings. The third-order valence-corrected chi connectivity index (χ3v) is 4.90. The highest BCUT2D eigenvalue weighted by Gasteiger charge is 2.50. The lowest BCUT2D eigenvalue weighted by Crippen LogP contribution is -2.52. The Bertz CT molecular complexity index is 640. The number of carbonyl (C=O) groups excluding carboxylic acids is 2. The summed E-state index contributed by atoms with van der Waals surface area (Å²) in [6.45, 7) is 4.23. The number of piperazine rings is 1. The third kappa shape index (κ3) is 1.98. The molecule has 3 heterocycles. The predicted molar refractivity (Wildman–Crippen MR) is 81.1 cm³/mol. The second-order valence-corrected chi connectivity index (χ2v) is 6.17. The summed E-state index contributed by atoms with van der Waals surface area (Å²) in [5.74, 6) is 0.361. The summed E-state index contributed by atoms with van der Waals surface area (Å²) < 4.78 is 5.81. The number of ether oxygens (including phenoxy) is 1. The number of carbonyl (C=O) groups is 2. The number of piperidine rings is 1. The molecule has 1 spiro atoms. The van der Waals surface area contributed by atoms with Crippen molar-refractivity contribution >= 4 is 17.5 Å². The van der Waals surface area contributed by atoms with E-state index < -0.39 is 5.41 Å². The molecule has 0 bridgehead atoms. The van der Waals surface area contributed by atoms with Crippen molar-refractivity contribution in [2.75, 3.05) is 37.7 Å². The molecule has 2 N–H and O–H groups in total. The summed E-state index contributed by atoms with van der Waals surface area (Å²) in [4.78, 5) is 26.1. The first-order valence-corrected chi connectivity index (χ1v) is 7.76. The van der Waals surface area contributed by atoms with Gasteiger partial charge in [0, 0.05) is 49.9 Å². The summed E-state index contributed by atoms with van der Waals surface area (Å²) in [5.41, 5.74) is 1.35. The highest BCUT2D eigenvalue weighted by atomic mass is 16.5. The number of anilines is 1. The molecule has 116 valence electrons. The van der Waals surface area contributed by atoms with Gasteiger partial charge in [-0.05, 0) is 12.5 Å². The van der Waals surface area contributed by atoms with Crippen LogP contribution >= 0.6 is 0 Å². The predicted octanol–water partition coefficient (Wildman–Crippen LogP) is 0.163. The van der Waals surface area contributed by atoms with Crippen LogP contribution in [-0.2, 0) is 15.0 Å². The van der Waals surface area contributed by atoms with Gasteiger partial charge in [0.15, 0.2) is 0 Å². The number of rotatable bonds is 1. The third-order valence-electron chi connectivity index (χ3n) is 4.90. The molecule has 4 rings (SSSR count). The van der Waals surface area contributed by atoms with Gasteiger partial charge >= 0.3 is 0 Å². The van der Waals surface area contributed by atoms with Crippen molar-refractivity contribution in [2.45, 2.75) is 18.3 Å². The molecule has 0 aromatic heterocycles. The summed E-state index contributed by atoms with van der Waals surface area (Å²) in [5, 5.41) is 5.79. The largest absolute Gasteiger partial charge is 0.492 e. The van der Waals surface area contributed by atoms with Gasteiger partial charge in [0.25, 0.3) is 0 Å². The minimum absolute atomic E-state index is 0.193. The van der Waals surface area contributed by atoms with E-state index in [1.165, 1.54) is 0 Å². The van der Waals surface area contributed by atoms with Gasteiger partial charge in [0.2, 0.25) is 11.8 Å². The van der Waals surface area contributed by atoms with Gasteiger partial charge in [-0.2, -0.15) is 0 Å². The molecule has 2 fully saturated rings. The van der Waals surface area contributed by atoms with Crippen LogP contribution in [0.3, 0.4) is 0 Å². The van der Waals surface area contributed by atoms with Gasteiger partial charge in [-0.25, -0.2) is 0 Å². The van der Waals surface area contributed by atoms with Gasteiger partial charge in [-0.1, -0.05) is 6.07 Å². The van der Waals surface area contributed by atoms with E-state index in [0.717, 1.165) is 43.2 Å². The van der Waals surface area contributed by atoms with Gasteiger partial charge in [-0.3, -0.25) is 14.9 Å². The van der Waals surface area contributed by atoms with E-state index in [-0.39, 0.29) is 11.8 Å². The van der Waals surface area contributed by atoms with Crippen molar-refractivity contribution in [3.8, 4) is 5.75 Å². The fourth-order valence-corrected chi connectivity index (χ4v) is 3.57. The Labute approximate surface area is 128 Å². The molecule has 1 unspecified atom stereocenters. The summed E-state index contributed by atoms with van der Waals surface area (Å²) >= 11 is 0. The van der Waals surface area contributed by atoms with Crippen LogP contribution < -0.4 is 20.3 Å². The van der Waals surface area contributed by atoms with Crippen LogP contribution in [0.1, 0.15) is 18.4 Å². The molecule has 1 aromatic rings. The maximum absolute atomic E-state index is 12.3. The number of nitrogens with one attached hydrogen (secondary N) is 2. The standard InChI is InChI=1S/C16H19N3O3/c20-14-3-4-16(15(21)18-14)10-22-13-9-11(1-2-12(13)16)19-7-5-17-6-8-19/h1-2,9,17H,3-8,10H2,(H,18,20,21). The van der Waals surface area contributed by atoms with Crippen LogP contribution in [-0.4, -0.2) is 44.6 Å². The molecule has 1 aromatic carbocycles. The second-order valence-electron chi connectivity index (χ2n) is 6.17. The number of hydrogen-bond donors (Lipinski definition) is 2. The normalized spacial score (nSPS) is 27.5. The Morgan fingerprint density at radius 3 is 2.77 bits per heavy atom. The number of benzene rings is 1. The average molecular weight is 301 g/mol. The number of fused-ring (bicyclic) bond motifs is 2. The minimum Gasteiger partial charge on any atom is -0.492 e. The zero-order valence-electron chi connectivity index (χ0n) is 12.4. The summed E-state index contributed by atoms with van der Waals surface area (Å²) in [6, 6.07) is 6.08. The smallest absolute Gasteiger partial charge is 0.240 e. The van der Waals surface area contributed by atoms with Crippen molar-refractivity contribution in [2.24, 2.45) is 0 Å². The zero-order chi connectivity index (χ0) is 15.2. The summed E-state index contributed by atoms with van der Waals surface area (Å²) in [6.07, 6.45) is 0.895. The first-order valence-electron chi connectivity index (χ1n) is 7.76. The van der Waals surface area contributed by atoms with Crippen molar-refractivity contribution < 1.29 is 14.3 Å². The molecule has 0 radical (unpaired) electrons. The van der Waals surface area contributed by atoms with Crippen LogP contribution in [0.25, 0.3) is 0 Å².